The minimum absolute atomic E-state index is 0.0774. The molecule has 0 aliphatic rings. The van der Waals surface area contributed by atoms with Crippen molar-refractivity contribution < 1.29 is 9.72 Å². The molecule has 2 rings (SSSR count). The van der Waals surface area contributed by atoms with Gasteiger partial charge in [-0.05, 0) is 19.4 Å². The van der Waals surface area contributed by atoms with Gasteiger partial charge in [-0.3, -0.25) is 14.9 Å². The van der Waals surface area contributed by atoms with Crippen molar-refractivity contribution in [2.45, 2.75) is 13.8 Å². The Bertz CT molecular complexity index is 696. The first-order valence-corrected chi connectivity index (χ1v) is 6.49. The lowest BCUT2D eigenvalue weighted by Gasteiger charge is -2.07. The van der Waals surface area contributed by atoms with Gasteiger partial charge >= 0.3 is 0 Å². The van der Waals surface area contributed by atoms with E-state index in [4.69, 9.17) is 5.73 Å². The predicted octanol–water partition coefficient (Wildman–Crippen LogP) is 2.50. The minimum atomic E-state index is -0.509. The predicted molar refractivity (Wildman–Crippen MR) is 77.1 cm³/mol. The Hall–Kier alpha value is -2.48. The lowest BCUT2D eigenvalue weighted by molar-refractivity contribution is -0.384. The first kappa shape index (κ1) is 13.9. The van der Waals surface area contributed by atoms with E-state index in [0.717, 1.165) is 16.9 Å². The molecule has 0 radical (unpaired) electrons. The monoisotopic (exact) mass is 292 g/mol. The standard InChI is InChI=1S/C12H12N4O3S/c1-6-3-4-8(16(18)19)5-9(6)15-11(17)10-7(2)14-12(13)20-10/h3-5H,1-2H3,(H2,13,14)(H,15,17). The fourth-order valence-corrected chi connectivity index (χ4v) is 2.39. The summed E-state index contributed by atoms with van der Waals surface area (Å²) in [5, 5.41) is 13.7. The van der Waals surface area contributed by atoms with Crippen molar-refractivity contribution in [3.8, 4) is 0 Å². The number of thiazole rings is 1. The summed E-state index contributed by atoms with van der Waals surface area (Å²) in [6, 6.07) is 4.30. The molecule has 3 N–H and O–H groups in total. The zero-order valence-electron chi connectivity index (χ0n) is 10.8. The third-order valence-electron chi connectivity index (χ3n) is 2.70. The van der Waals surface area contributed by atoms with Gasteiger partial charge in [-0.25, -0.2) is 4.98 Å². The second-order valence-electron chi connectivity index (χ2n) is 4.18. The van der Waals surface area contributed by atoms with E-state index in [1.807, 2.05) is 0 Å². The number of non-ortho nitro benzene ring substituents is 1. The molecule has 1 aromatic heterocycles. The van der Waals surface area contributed by atoms with Crippen molar-refractivity contribution in [3.05, 3.63) is 44.4 Å². The second-order valence-corrected chi connectivity index (χ2v) is 5.21. The largest absolute Gasteiger partial charge is 0.375 e. The number of benzene rings is 1. The van der Waals surface area contributed by atoms with Crippen LogP contribution in [0, 0.1) is 24.0 Å². The van der Waals surface area contributed by atoms with Crippen molar-refractivity contribution >= 4 is 33.8 Å². The molecule has 20 heavy (non-hydrogen) atoms. The molecule has 0 bridgehead atoms. The lowest BCUT2D eigenvalue weighted by Crippen LogP contribution is -2.12. The molecule has 7 nitrogen and oxygen atoms in total. The van der Waals surface area contributed by atoms with Crippen LogP contribution in [0.5, 0.6) is 0 Å². The molecule has 0 fully saturated rings. The molecule has 0 atom stereocenters. The van der Waals surface area contributed by atoms with E-state index in [9.17, 15) is 14.9 Å². The van der Waals surface area contributed by atoms with E-state index < -0.39 is 4.92 Å². The number of nitrogen functional groups attached to an aromatic ring is 1. The van der Waals surface area contributed by atoms with E-state index in [1.165, 1.54) is 12.1 Å². The van der Waals surface area contributed by atoms with Crippen molar-refractivity contribution in [2.24, 2.45) is 0 Å². The molecule has 0 saturated heterocycles. The molecule has 0 aliphatic heterocycles. The van der Waals surface area contributed by atoms with Crippen LogP contribution in [0.3, 0.4) is 0 Å². The number of hydrogen-bond acceptors (Lipinski definition) is 6. The normalized spacial score (nSPS) is 10.3. The number of nitrogens with one attached hydrogen (secondary N) is 1. The maximum Gasteiger partial charge on any atom is 0.271 e. The number of nitrogens with two attached hydrogens (primary N) is 1. The summed E-state index contributed by atoms with van der Waals surface area (Å²) in [5.41, 5.74) is 7.13. The van der Waals surface area contributed by atoms with Crippen LogP contribution in [-0.2, 0) is 0 Å². The number of aryl methyl sites for hydroxylation is 2. The van der Waals surface area contributed by atoms with Gasteiger partial charge in [0.1, 0.15) is 4.88 Å². The van der Waals surface area contributed by atoms with Crippen molar-refractivity contribution in [1.29, 1.82) is 0 Å². The fourth-order valence-electron chi connectivity index (χ4n) is 1.67. The molecule has 0 saturated carbocycles. The Morgan fingerprint density at radius 1 is 1.45 bits per heavy atom. The first-order valence-electron chi connectivity index (χ1n) is 5.68. The SMILES string of the molecule is Cc1ccc([N+](=O)[O-])cc1NC(=O)c1sc(N)nc1C. The number of carbonyl (C=O) groups is 1. The maximum absolute atomic E-state index is 12.1. The number of amides is 1. The van der Waals surface area contributed by atoms with Crippen LogP contribution in [0.15, 0.2) is 18.2 Å². The van der Waals surface area contributed by atoms with Gasteiger partial charge in [0.2, 0.25) is 0 Å². The summed E-state index contributed by atoms with van der Waals surface area (Å²) in [6.45, 7) is 3.44. The van der Waals surface area contributed by atoms with Gasteiger partial charge < -0.3 is 11.1 Å². The molecule has 8 heteroatoms. The zero-order chi connectivity index (χ0) is 14.9. The molecule has 1 aromatic carbocycles. The molecule has 0 unspecified atom stereocenters. The van der Waals surface area contributed by atoms with Gasteiger partial charge in [-0.1, -0.05) is 17.4 Å². The third-order valence-corrected chi connectivity index (χ3v) is 3.68. The highest BCUT2D eigenvalue weighted by molar-refractivity contribution is 7.17. The van der Waals surface area contributed by atoms with E-state index in [-0.39, 0.29) is 11.6 Å². The molecule has 104 valence electrons. The van der Waals surface area contributed by atoms with Gasteiger partial charge in [-0.15, -0.1) is 0 Å². The quantitative estimate of drug-likeness (QED) is 0.667. The van der Waals surface area contributed by atoms with Gasteiger partial charge in [0.25, 0.3) is 11.6 Å². The van der Waals surface area contributed by atoms with Gasteiger partial charge in [0, 0.05) is 12.1 Å². The van der Waals surface area contributed by atoms with Crippen LogP contribution in [0.1, 0.15) is 20.9 Å². The highest BCUT2D eigenvalue weighted by atomic mass is 32.1. The van der Waals surface area contributed by atoms with Crippen molar-refractivity contribution in [3.63, 3.8) is 0 Å². The summed E-state index contributed by atoms with van der Waals surface area (Å²) < 4.78 is 0. The smallest absolute Gasteiger partial charge is 0.271 e. The van der Waals surface area contributed by atoms with Crippen LogP contribution >= 0.6 is 11.3 Å². The zero-order valence-corrected chi connectivity index (χ0v) is 11.7. The second kappa shape index (κ2) is 5.25. The number of nitro benzene ring substituents is 1. The number of nitro groups is 1. The minimum Gasteiger partial charge on any atom is -0.375 e. The third kappa shape index (κ3) is 2.75. The first-order chi connectivity index (χ1) is 9.38. The van der Waals surface area contributed by atoms with Crippen LogP contribution in [-0.4, -0.2) is 15.8 Å². The Morgan fingerprint density at radius 3 is 2.70 bits per heavy atom. The van der Waals surface area contributed by atoms with Gasteiger partial charge in [-0.2, -0.15) is 0 Å². The van der Waals surface area contributed by atoms with E-state index in [0.29, 0.717) is 21.4 Å². The Morgan fingerprint density at radius 2 is 2.15 bits per heavy atom. The Labute approximate surface area is 118 Å². The number of carbonyl (C=O) groups excluding carboxylic acids is 1. The molecule has 0 aliphatic carbocycles. The highest BCUT2D eigenvalue weighted by Gasteiger charge is 2.16. The molecular formula is C12H12N4O3S. The highest BCUT2D eigenvalue weighted by Crippen LogP contribution is 2.25. The molecule has 1 amide bonds. The Kier molecular flexibility index (Phi) is 3.66. The number of rotatable bonds is 3. The topological polar surface area (TPSA) is 111 Å². The van der Waals surface area contributed by atoms with Crippen LogP contribution in [0.25, 0.3) is 0 Å². The summed E-state index contributed by atoms with van der Waals surface area (Å²) in [6.07, 6.45) is 0. The summed E-state index contributed by atoms with van der Waals surface area (Å²) in [5.74, 6) is -0.375. The number of hydrogen-bond donors (Lipinski definition) is 2. The average Bonchev–Trinajstić information content (AvgIpc) is 2.71. The van der Waals surface area contributed by atoms with E-state index in [1.54, 1.807) is 19.9 Å². The van der Waals surface area contributed by atoms with E-state index in [2.05, 4.69) is 10.3 Å². The summed E-state index contributed by atoms with van der Waals surface area (Å²) >= 11 is 1.08. The molecule has 1 heterocycles. The molecule has 2 aromatic rings. The fraction of sp³-hybridized carbons (Fsp3) is 0.167. The number of anilines is 2. The van der Waals surface area contributed by atoms with Crippen LogP contribution in [0.4, 0.5) is 16.5 Å². The van der Waals surface area contributed by atoms with Crippen molar-refractivity contribution in [2.75, 3.05) is 11.1 Å². The van der Waals surface area contributed by atoms with Crippen LogP contribution < -0.4 is 11.1 Å². The number of nitrogens with zero attached hydrogens (tertiary/aromatic N) is 2. The number of aromatic nitrogens is 1. The van der Waals surface area contributed by atoms with Gasteiger partial charge in [0.05, 0.1) is 16.3 Å². The van der Waals surface area contributed by atoms with E-state index >= 15 is 0 Å². The summed E-state index contributed by atoms with van der Waals surface area (Å²) in [7, 11) is 0. The maximum atomic E-state index is 12.1. The molecule has 0 spiro atoms. The lowest BCUT2D eigenvalue weighted by atomic mass is 10.2. The summed E-state index contributed by atoms with van der Waals surface area (Å²) in [4.78, 5) is 26.7. The Balaban J connectivity index is 2.30. The molecular weight excluding hydrogens is 280 g/mol. The van der Waals surface area contributed by atoms with Gasteiger partial charge in [0.15, 0.2) is 5.13 Å². The van der Waals surface area contributed by atoms with Crippen LogP contribution in [0.2, 0.25) is 0 Å². The van der Waals surface area contributed by atoms with Crippen molar-refractivity contribution in [1.82, 2.24) is 4.98 Å². The average molecular weight is 292 g/mol.